The fourth-order valence-corrected chi connectivity index (χ4v) is 1.73. The van der Waals surface area contributed by atoms with E-state index in [2.05, 4.69) is 31.1 Å². The smallest absolute Gasteiger partial charge is 0.275 e. The molecule has 1 rings (SSSR count). The summed E-state index contributed by atoms with van der Waals surface area (Å²) in [5.74, 6) is 0.533. The van der Waals surface area contributed by atoms with E-state index in [9.17, 15) is 10.1 Å². The topological polar surface area (TPSA) is 67.6 Å². The maximum Gasteiger partial charge on any atom is 0.275 e. The van der Waals surface area contributed by atoms with Crippen LogP contribution in [0.3, 0.4) is 0 Å². The minimum atomic E-state index is -0.399. The molecule has 1 aromatic rings. The van der Waals surface area contributed by atoms with Gasteiger partial charge in [-0.25, -0.2) is 0 Å². The van der Waals surface area contributed by atoms with Gasteiger partial charge in [-0.3, -0.25) is 10.1 Å². The number of nitrogens with one attached hydrogen (secondary N) is 1. The van der Waals surface area contributed by atoms with E-state index in [1.54, 1.807) is 6.07 Å². The molecule has 1 aromatic carbocycles. The number of nitrogens with zero attached hydrogens (tertiary/aromatic N) is 2. The minimum absolute atomic E-state index is 0.0447. The lowest BCUT2D eigenvalue weighted by Crippen LogP contribution is -2.31. The summed E-state index contributed by atoms with van der Waals surface area (Å²) in [6.45, 7) is 8.40. The number of anilines is 1. The molecule has 0 fully saturated rings. The molecular weight excluding hydrogens is 270 g/mol. The summed E-state index contributed by atoms with van der Waals surface area (Å²) in [5.41, 5.74) is 0.760. The molecule has 0 amide bonds. The van der Waals surface area contributed by atoms with Gasteiger partial charge in [-0.05, 0) is 27.3 Å². The number of hydrogen-bond acceptors (Lipinski definition) is 5. The Morgan fingerprint density at radius 3 is 2.67 bits per heavy atom. The van der Waals surface area contributed by atoms with Crippen LogP contribution in [0.5, 0.6) is 5.75 Å². The second-order valence-corrected chi connectivity index (χ2v) is 5.32. The van der Waals surface area contributed by atoms with Gasteiger partial charge in [-0.1, -0.05) is 6.92 Å². The molecule has 0 saturated carbocycles. The van der Waals surface area contributed by atoms with Gasteiger partial charge < -0.3 is 15.0 Å². The van der Waals surface area contributed by atoms with Crippen LogP contribution in [0, 0.1) is 10.1 Å². The molecule has 21 heavy (non-hydrogen) atoms. The zero-order chi connectivity index (χ0) is 15.8. The Kier molecular flexibility index (Phi) is 6.94. The van der Waals surface area contributed by atoms with Crippen LogP contribution in [0.2, 0.25) is 0 Å². The Bertz CT molecular complexity index is 463. The van der Waals surface area contributed by atoms with Crippen molar-refractivity contribution in [3.05, 3.63) is 28.3 Å². The Hall–Kier alpha value is -1.82. The number of ether oxygens (including phenoxy) is 1. The van der Waals surface area contributed by atoms with Crippen molar-refractivity contribution >= 4 is 11.4 Å². The first-order valence-corrected chi connectivity index (χ1v) is 7.30. The molecule has 0 saturated heterocycles. The highest BCUT2D eigenvalue weighted by Crippen LogP contribution is 2.26. The third-order valence-corrected chi connectivity index (χ3v) is 3.25. The van der Waals surface area contributed by atoms with Crippen LogP contribution >= 0.6 is 0 Å². The van der Waals surface area contributed by atoms with Gasteiger partial charge >= 0.3 is 0 Å². The van der Waals surface area contributed by atoms with Gasteiger partial charge in [-0.15, -0.1) is 0 Å². The summed E-state index contributed by atoms with van der Waals surface area (Å²) in [5, 5.41) is 14.2. The Balaban J connectivity index is 2.71. The van der Waals surface area contributed by atoms with Crippen molar-refractivity contribution in [3.63, 3.8) is 0 Å². The van der Waals surface area contributed by atoms with E-state index in [1.165, 1.54) is 12.1 Å². The van der Waals surface area contributed by atoms with Gasteiger partial charge in [0.15, 0.2) is 0 Å². The molecule has 0 heterocycles. The van der Waals surface area contributed by atoms with Crippen LogP contribution in [-0.2, 0) is 0 Å². The maximum atomic E-state index is 11.0. The van der Waals surface area contributed by atoms with E-state index in [0.717, 1.165) is 19.5 Å². The van der Waals surface area contributed by atoms with Gasteiger partial charge in [0, 0.05) is 37.0 Å². The fraction of sp³-hybridized carbons (Fsp3) is 0.600. The van der Waals surface area contributed by atoms with Crippen LogP contribution in [0.25, 0.3) is 0 Å². The second kappa shape index (κ2) is 8.46. The molecule has 0 radical (unpaired) electrons. The van der Waals surface area contributed by atoms with Crippen molar-refractivity contribution in [2.24, 2.45) is 0 Å². The van der Waals surface area contributed by atoms with Crippen LogP contribution < -0.4 is 10.1 Å². The van der Waals surface area contributed by atoms with Gasteiger partial charge in [0.05, 0.1) is 17.6 Å². The molecular formula is C15H25N3O3. The standard InChI is InChI=1S/C15H25N3O3/c1-5-8-21-15-10-13(9-14(11-15)18(19)20)16-6-7-17(4)12(2)3/h9-12,16H,5-8H2,1-4H3. The lowest BCUT2D eigenvalue weighted by atomic mass is 10.2. The maximum absolute atomic E-state index is 11.0. The predicted molar refractivity (Wildman–Crippen MR) is 85.1 cm³/mol. The second-order valence-electron chi connectivity index (χ2n) is 5.32. The van der Waals surface area contributed by atoms with E-state index in [0.29, 0.717) is 24.1 Å². The van der Waals surface area contributed by atoms with Crippen molar-refractivity contribution in [2.45, 2.75) is 33.2 Å². The normalized spacial score (nSPS) is 11.0. The molecule has 0 aliphatic carbocycles. The van der Waals surface area contributed by atoms with Crippen molar-refractivity contribution in [1.29, 1.82) is 0 Å². The first-order valence-electron chi connectivity index (χ1n) is 7.30. The minimum Gasteiger partial charge on any atom is -0.493 e. The van der Waals surface area contributed by atoms with Gasteiger partial charge in [0.25, 0.3) is 5.69 Å². The summed E-state index contributed by atoms with van der Waals surface area (Å²) in [6, 6.07) is 5.27. The molecule has 1 N–H and O–H groups in total. The van der Waals surface area contributed by atoms with E-state index >= 15 is 0 Å². The highest BCUT2D eigenvalue weighted by molar-refractivity contribution is 5.56. The summed E-state index contributed by atoms with van der Waals surface area (Å²) in [6.07, 6.45) is 0.866. The molecule has 0 aliphatic heterocycles. The van der Waals surface area contributed by atoms with Crippen molar-refractivity contribution in [2.75, 3.05) is 32.1 Å². The zero-order valence-corrected chi connectivity index (χ0v) is 13.3. The highest BCUT2D eigenvalue weighted by Gasteiger charge is 2.11. The summed E-state index contributed by atoms with van der Waals surface area (Å²) < 4.78 is 5.50. The van der Waals surface area contributed by atoms with Gasteiger partial charge in [0.1, 0.15) is 5.75 Å². The number of benzene rings is 1. The van der Waals surface area contributed by atoms with Crippen molar-refractivity contribution in [1.82, 2.24) is 4.90 Å². The van der Waals surface area contributed by atoms with Crippen molar-refractivity contribution in [3.8, 4) is 5.75 Å². The molecule has 0 aliphatic rings. The summed E-state index contributed by atoms with van der Waals surface area (Å²) in [7, 11) is 2.05. The predicted octanol–water partition coefficient (Wildman–Crippen LogP) is 3.14. The number of nitro benzene ring substituents is 1. The first kappa shape index (κ1) is 17.2. The molecule has 0 spiro atoms. The molecule has 0 bridgehead atoms. The third-order valence-electron chi connectivity index (χ3n) is 3.25. The van der Waals surface area contributed by atoms with E-state index in [1.807, 2.05) is 6.92 Å². The molecule has 0 aromatic heterocycles. The van der Waals surface area contributed by atoms with Crippen LogP contribution in [0.1, 0.15) is 27.2 Å². The number of likely N-dealkylation sites (N-methyl/N-ethyl adjacent to an activating group) is 1. The van der Waals surface area contributed by atoms with Crippen LogP contribution in [0.4, 0.5) is 11.4 Å². The lowest BCUT2D eigenvalue weighted by Gasteiger charge is -2.21. The monoisotopic (exact) mass is 295 g/mol. The molecule has 118 valence electrons. The third kappa shape index (κ3) is 5.99. The van der Waals surface area contributed by atoms with E-state index < -0.39 is 4.92 Å². The quantitative estimate of drug-likeness (QED) is 0.560. The zero-order valence-electron chi connectivity index (χ0n) is 13.3. The average Bonchev–Trinajstić information content (AvgIpc) is 2.44. The molecule has 6 nitrogen and oxygen atoms in total. The van der Waals surface area contributed by atoms with E-state index in [4.69, 9.17) is 4.74 Å². The van der Waals surface area contributed by atoms with Crippen molar-refractivity contribution < 1.29 is 9.66 Å². The number of rotatable bonds is 9. The van der Waals surface area contributed by atoms with Gasteiger partial charge in [-0.2, -0.15) is 0 Å². The number of hydrogen-bond donors (Lipinski definition) is 1. The van der Waals surface area contributed by atoms with Crippen LogP contribution in [-0.4, -0.2) is 42.6 Å². The lowest BCUT2D eigenvalue weighted by molar-refractivity contribution is -0.384. The Morgan fingerprint density at radius 1 is 1.38 bits per heavy atom. The summed E-state index contributed by atoms with van der Waals surface area (Å²) in [4.78, 5) is 12.8. The Morgan fingerprint density at radius 2 is 2.10 bits per heavy atom. The fourth-order valence-electron chi connectivity index (χ4n) is 1.73. The first-order chi connectivity index (χ1) is 9.93. The number of non-ortho nitro benzene ring substituents is 1. The van der Waals surface area contributed by atoms with E-state index in [-0.39, 0.29) is 5.69 Å². The molecule has 0 atom stereocenters. The Labute approximate surface area is 126 Å². The van der Waals surface area contributed by atoms with Gasteiger partial charge in [0.2, 0.25) is 0 Å². The van der Waals surface area contributed by atoms with Crippen LogP contribution in [0.15, 0.2) is 18.2 Å². The highest BCUT2D eigenvalue weighted by atomic mass is 16.6. The molecule has 6 heteroatoms. The molecule has 0 unspecified atom stereocenters. The average molecular weight is 295 g/mol. The number of nitro groups is 1. The summed E-state index contributed by atoms with van der Waals surface area (Å²) >= 11 is 0. The largest absolute Gasteiger partial charge is 0.493 e. The SMILES string of the molecule is CCCOc1cc(NCCN(C)C(C)C)cc([N+](=O)[O-])c1.